The molecular formula is C18H12N4O3. The van der Waals surface area contributed by atoms with Gasteiger partial charge in [-0.25, -0.2) is 9.48 Å². The van der Waals surface area contributed by atoms with Gasteiger partial charge in [0.1, 0.15) is 12.1 Å². The van der Waals surface area contributed by atoms with E-state index in [9.17, 15) is 4.79 Å². The molecule has 4 aromatic rings. The number of hydrogen-bond donors (Lipinski definition) is 0. The van der Waals surface area contributed by atoms with Crippen LogP contribution >= 0.6 is 0 Å². The highest BCUT2D eigenvalue weighted by Crippen LogP contribution is 2.26. The van der Waals surface area contributed by atoms with Crippen LogP contribution in [0.5, 0.6) is 5.75 Å². The molecule has 0 saturated carbocycles. The van der Waals surface area contributed by atoms with Gasteiger partial charge in [-0.3, -0.25) is 0 Å². The first-order valence-corrected chi connectivity index (χ1v) is 7.50. The molecular weight excluding hydrogens is 320 g/mol. The van der Waals surface area contributed by atoms with Gasteiger partial charge in [0.15, 0.2) is 0 Å². The van der Waals surface area contributed by atoms with E-state index < -0.39 is 5.97 Å². The maximum atomic E-state index is 12.4. The van der Waals surface area contributed by atoms with Gasteiger partial charge in [0.2, 0.25) is 5.76 Å². The van der Waals surface area contributed by atoms with Crippen molar-refractivity contribution < 1.29 is 13.9 Å². The predicted octanol–water partition coefficient (Wildman–Crippen LogP) is 3.14. The van der Waals surface area contributed by atoms with Crippen molar-refractivity contribution in [1.29, 1.82) is 0 Å². The molecule has 2 heterocycles. The van der Waals surface area contributed by atoms with Crippen LogP contribution in [-0.2, 0) is 0 Å². The predicted molar refractivity (Wildman–Crippen MR) is 88.3 cm³/mol. The number of rotatable bonds is 4. The van der Waals surface area contributed by atoms with Gasteiger partial charge in [0.25, 0.3) is 0 Å². The third-order valence-corrected chi connectivity index (χ3v) is 3.60. The van der Waals surface area contributed by atoms with Gasteiger partial charge in [0.05, 0.1) is 12.0 Å². The second-order valence-electron chi connectivity index (χ2n) is 5.17. The Morgan fingerprint density at radius 3 is 2.52 bits per heavy atom. The molecule has 122 valence electrons. The van der Waals surface area contributed by atoms with Crippen molar-refractivity contribution in [1.82, 2.24) is 20.2 Å². The lowest BCUT2D eigenvalue weighted by atomic mass is 10.1. The zero-order valence-electron chi connectivity index (χ0n) is 12.9. The van der Waals surface area contributed by atoms with Crippen molar-refractivity contribution in [2.75, 3.05) is 0 Å². The number of carbonyl (C=O) groups excluding carboxylic acids is 1. The summed E-state index contributed by atoms with van der Waals surface area (Å²) in [6.45, 7) is 0. The maximum Gasteiger partial charge on any atom is 0.380 e. The van der Waals surface area contributed by atoms with E-state index in [-0.39, 0.29) is 5.76 Å². The molecule has 7 heteroatoms. The average Bonchev–Trinajstić information content (AvgIpc) is 3.35. The molecule has 0 aliphatic heterocycles. The molecule has 0 atom stereocenters. The molecule has 0 aliphatic carbocycles. The van der Waals surface area contributed by atoms with Crippen molar-refractivity contribution in [3.8, 4) is 22.6 Å². The first kappa shape index (κ1) is 14.8. The molecule has 0 bridgehead atoms. The summed E-state index contributed by atoms with van der Waals surface area (Å²) >= 11 is 0. The van der Waals surface area contributed by atoms with Crippen molar-refractivity contribution in [3.05, 3.63) is 79.0 Å². The molecule has 0 N–H and O–H groups in total. The SMILES string of the molecule is O=C(Oc1ccc(-n2cnnn2)cc1)c1occc1-c1ccccc1. The van der Waals surface area contributed by atoms with Crippen LogP contribution in [0.2, 0.25) is 0 Å². The second kappa shape index (κ2) is 6.40. The van der Waals surface area contributed by atoms with Crippen LogP contribution in [0.1, 0.15) is 10.6 Å². The molecule has 7 nitrogen and oxygen atoms in total. The number of aromatic nitrogens is 4. The highest BCUT2D eigenvalue weighted by atomic mass is 16.5. The van der Waals surface area contributed by atoms with Crippen molar-refractivity contribution in [2.45, 2.75) is 0 Å². The number of carbonyl (C=O) groups is 1. The van der Waals surface area contributed by atoms with Gasteiger partial charge < -0.3 is 9.15 Å². The van der Waals surface area contributed by atoms with E-state index in [2.05, 4.69) is 15.5 Å². The fraction of sp³-hybridized carbons (Fsp3) is 0. The molecule has 0 unspecified atom stereocenters. The number of benzene rings is 2. The molecule has 4 rings (SSSR count). The Bertz CT molecular complexity index is 977. The summed E-state index contributed by atoms with van der Waals surface area (Å²) in [5.74, 6) is 0.00649. The number of tetrazole rings is 1. The highest BCUT2D eigenvalue weighted by Gasteiger charge is 2.19. The molecule has 0 fully saturated rings. The number of furan rings is 1. The van der Waals surface area contributed by atoms with Gasteiger partial charge in [-0.1, -0.05) is 30.3 Å². The Morgan fingerprint density at radius 1 is 1.00 bits per heavy atom. The fourth-order valence-electron chi connectivity index (χ4n) is 2.41. The largest absolute Gasteiger partial charge is 0.457 e. The minimum absolute atomic E-state index is 0.163. The molecule has 0 spiro atoms. The summed E-state index contributed by atoms with van der Waals surface area (Å²) in [6, 6.07) is 18.1. The third kappa shape index (κ3) is 3.02. The lowest BCUT2D eigenvalue weighted by molar-refractivity contribution is 0.0702. The number of hydrogen-bond acceptors (Lipinski definition) is 6. The fourth-order valence-corrected chi connectivity index (χ4v) is 2.41. The molecule has 0 amide bonds. The van der Waals surface area contributed by atoms with Crippen LogP contribution in [0.15, 0.2) is 77.7 Å². The van der Waals surface area contributed by atoms with Crippen molar-refractivity contribution in [2.24, 2.45) is 0 Å². The van der Waals surface area contributed by atoms with Gasteiger partial charge in [0, 0.05) is 5.56 Å². The van der Waals surface area contributed by atoms with Gasteiger partial charge in [-0.05, 0) is 46.3 Å². The van der Waals surface area contributed by atoms with Crippen LogP contribution in [-0.4, -0.2) is 26.2 Å². The Kier molecular flexibility index (Phi) is 3.80. The lowest BCUT2D eigenvalue weighted by Gasteiger charge is -2.05. The van der Waals surface area contributed by atoms with Crippen LogP contribution in [0.4, 0.5) is 0 Å². The minimum atomic E-state index is -0.556. The maximum absolute atomic E-state index is 12.4. The van der Waals surface area contributed by atoms with Crippen LogP contribution in [0, 0.1) is 0 Å². The Labute approximate surface area is 142 Å². The van der Waals surface area contributed by atoms with Gasteiger partial charge >= 0.3 is 5.97 Å². The topological polar surface area (TPSA) is 83.0 Å². The standard InChI is InChI=1S/C18H12N4O3/c23-18(17-16(10-11-24-17)13-4-2-1-3-5-13)25-15-8-6-14(7-9-15)22-12-19-20-21-22/h1-12H. The van der Waals surface area contributed by atoms with E-state index in [0.717, 1.165) is 11.3 Å². The summed E-state index contributed by atoms with van der Waals surface area (Å²) in [5, 5.41) is 10.9. The molecule has 0 saturated heterocycles. The quantitative estimate of drug-likeness (QED) is 0.422. The van der Waals surface area contributed by atoms with Gasteiger partial charge in [-0.2, -0.15) is 0 Å². The van der Waals surface area contributed by atoms with Crippen LogP contribution < -0.4 is 4.74 Å². The van der Waals surface area contributed by atoms with E-state index in [4.69, 9.17) is 9.15 Å². The molecule has 0 aliphatic rings. The summed E-state index contributed by atoms with van der Waals surface area (Å²) in [6.07, 6.45) is 2.95. The average molecular weight is 332 g/mol. The molecule has 2 aromatic heterocycles. The lowest BCUT2D eigenvalue weighted by Crippen LogP contribution is -2.08. The van der Waals surface area contributed by atoms with Gasteiger partial charge in [-0.15, -0.1) is 5.10 Å². The van der Waals surface area contributed by atoms with E-state index in [1.54, 1.807) is 30.3 Å². The van der Waals surface area contributed by atoms with E-state index in [1.165, 1.54) is 17.3 Å². The molecule has 0 radical (unpaired) electrons. The van der Waals surface area contributed by atoms with E-state index in [0.29, 0.717) is 11.3 Å². The number of ether oxygens (including phenoxy) is 1. The summed E-state index contributed by atoms with van der Waals surface area (Å²) in [5.41, 5.74) is 2.33. The number of esters is 1. The third-order valence-electron chi connectivity index (χ3n) is 3.60. The Morgan fingerprint density at radius 2 is 1.80 bits per heavy atom. The van der Waals surface area contributed by atoms with Crippen molar-refractivity contribution in [3.63, 3.8) is 0 Å². The van der Waals surface area contributed by atoms with E-state index >= 15 is 0 Å². The van der Waals surface area contributed by atoms with Crippen molar-refractivity contribution >= 4 is 5.97 Å². The summed E-state index contributed by atoms with van der Waals surface area (Å²) < 4.78 is 12.2. The minimum Gasteiger partial charge on any atom is -0.457 e. The molecule has 25 heavy (non-hydrogen) atoms. The highest BCUT2D eigenvalue weighted by molar-refractivity contribution is 5.95. The number of nitrogens with zero attached hydrogens (tertiary/aromatic N) is 4. The first-order valence-electron chi connectivity index (χ1n) is 7.50. The summed E-state index contributed by atoms with van der Waals surface area (Å²) in [7, 11) is 0. The van der Waals surface area contributed by atoms with Crippen LogP contribution in [0.3, 0.4) is 0 Å². The zero-order valence-corrected chi connectivity index (χ0v) is 12.9. The van der Waals surface area contributed by atoms with Crippen LogP contribution in [0.25, 0.3) is 16.8 Å². The zero-order chi connectivity index (χ0) is 17.1. The summed E-state index contributed by atoms with van der Waals surface area (Å²) in [4.78, 5) is 12.4. The first-order chi connectivity index (χ1) is 12.3. The normalized spacial score (nSPS) is 10.6. The Balaban J connectivity index is 1.54. The Hall–Kier alpha value is -3.74. The monoisotopic (exact) mass is 332 g/mol. The van der Waals surface area contributed by atoms with E-state index in [1.807, 2.05) is 30.3 Å². The molecule has 2 aromatic carbocycles. The second-order valence-corrected chi connectivity index (χ2v) is 5.17. The smallest absolute Gasteiger partial charge is 0.380 e.